The number of hydrogen-bond donors (Lipinski definition) is 1. The lowest BCUT2D eigenvalue weighted by Crippen LogP contribution is -2.43. The maximum atomic E-state index is 12.9. The van der Waals surface area contributed by atoms with Crippen LogP contribution in [0.2, 0.25) is 0 Å². The maximum absolute atomic E-state index is 12.9. The van der Waals surface area contributed by atoms with Gasteiger partial charge in [-0.3, -0.25) is 4.90 Å². The van der Waals surface area contributed by atoms with Crippen molar-refractivity contribution in [1.82, 2.24) is 15.2 Å². The third kappa shape index (κ3) is 3.20. The second kappa shape index (κ2) is 5.24. The van der Waals surface area contributed by atoms with E-state index in [-0.39, 0.29) is 5.56 Å². The minimum atomic E-state index is -4.38. The number of hydrogen-bond acceptors (Lipinski definition) is 3. The molecule has 2 heterocycles. The van der Waals surface area contributed by atoms with Crippen LogP contribution in [0.3, 0.4) is 0 Å². The molecule has 0 aliphatic carbocycles. The molecule has 0 atom stereocenters. The molecule has 100 valence electrons. The molecule has 0 radical (unpaired) electrons. The van der Waals surface area contributed by atoms with Crippen LogP contribution in [-0.4, -0.2) is 36.1 Å². The van der Waals surface area contributed by atoms with Crippen molar-refractivity contribution in [2.24, 2.45) is 0 Å². The quantitative estimate of drug-likeness (QED) is 0.878. The summed E-state index contributed by atoms with van der Waals surface area (Å²) in [6, 6.07) is 3.17. The molecule has 0 saturated carbocycles. The lowest BCUT2D eigenvalue weighted by molar-refractivity contribution is -0.142. The Morgan fingerprint density at radius 1 is 1.28 bits per heavy atom. The molecule has 18 heavy (non-hydrogen) atoms. The number of aryl methyl sites for hydroxylation is 1. The Labute approximate surface area is 104 Å². The monoisotopic (exact) mass is 259 g/mol. The number of alkyl halides is 3. The van der Waals surface area contributed by atoms with Crippen molar-refractivity contribution >= 4 is 0 Å². The van der Waals surface area contributed by atoms with Gasteiger partial charge in [0.05, 0.1) is 0 Å². The van der Waals surface area contributed by atoms with Crippen molar-refractivity contribution in [3.05, 3.63) is 29.1 Å². The van der Waals surface area contributed by atoms with E-state index in [9.17, 15) is 13.2 Å². The second-order valence-electron chi connectivity index (χ2n) is 4.48. The molecule has 0 unspecified atom stereocenters. The molecule has 0 bridgehead atoms. The van der Waals surface area contributed by atoms with E-state index in [2.05, 4.69) is 10.3 Å². The molecule has 1 aliphatic rings. The molecule has 1 saturated heterocycles. The average Bonchev–Trinajstić information content (AvgIpc) is 2.31. The molecule has 0 amide bonds. The first-order valence-corrected chi connectivity index (χ1v) is 5.93. The van der Waals surface area contributed by atoms with Crippen LogP contribution in [0.5, 0.6) is 0 Å². The highest BCUT2D eigenvalue weighted by molar-refractivity contribution is 5.25. The van der Waals surface area contributed by atoms with Gasteiger partial charge in [-0.15, -0.1) is 0 Å². The van der Waals surface area contributed by atoms with Crippen LogP contribution < -0.4 is 5.32 Å². The van der Waals surface area contributed by atoms with Crippen LogP contribution in [0, 0.1) is 6.92 Å². The summed E-state index contributed by atoms with van der Waals surface area (Å²) in [4.78, 5) is 5.65. The van der Waals surface area contributed by atoms with Crippen molar-refractivity contribution in [3.8, 4) is 0 Å². The third-order valence-electron chi connectivity index (χ3n) is 2.99. The van der Waals surface area contributed by atoms with E-state index in [0.29, 0.717) is 12.2 Å². The number of nitrogens with one attached hydrogen (secondary N) is 1. The van der Waals surface area contributed by atoms with Crippen molar-refractivity contribution in [2.45, 2.75) is 19.6 Å². The SMILES string of the molecule is Cc1ccc(CN2CCNCC2)c(C(F)(F)F)n1. The number of nitrogens with zero attached hydrogens (tertiary/aromatic N) is 2. The summed E-state index contributed by atoms with van der Waals surface area (Å²) in [5.41, 5.74) is -0.0950. The van der Waals surface area contributed by atoms with Gasteiger partial charge in [-0.2, -0.15) is 13.2 Å². The maximum Gasteiger partial charge on any atom is 0.433 e. The number of halogens is 3. The Balaban J connectivity index is 2.21. The van der Waals surface area contributed by atoms with Crippen LogP contribution in [-0.2, 0) is 12.7 Å². The first kappa shape index (κ1) is 13.3. The standard InChI is InChI=1S/C12H16F3N3/c1-9-2-3-10(11(17-9)12(13,14)15)8-18-6-4-16-5-7-18/h2-3,16H,4-8H2,1H3. The number of aromatic nitrogens is 1. The van der Waals surface area contributed by atoms with E-state index in [1.54, 1.807) is 13.0 Å². The predicted octanol–water partition coefficient (Wildman–Crippen LogP) is 1.81. The van der Waals surface area contributed by atoms with Gasteiger partial charge >= 0.3 is 6.18 Å². The number of piperazine rings is 1. The Morgan fingerprint density at radius 2 is 1.94 bits per heavy atom. The Bertz CT molecular complexity index is 412. The topological polar surface area (TPSA) is 28.2 Å². The van der Waals surface area contributed by atoms with Crippen LogP contribution in [0.15, 0.2) is 12.1 Å². The van der Waals surface area contributed by atoms with E-state index in [0.717, 1.165) is 26.2 Å². The van der Waals surface area contributed by atoms with Crippen LogP contribution in [0.25, 0.3) is 0 Å². The fourth-order valence-corrected chi connectivity index (χ4v) is 2.07. The Morgan fingerprint density at radius 3 is 2.56 bits per heavy atom. The van der Waals surface area contributed by atoms with Gasteiger partial charge < -0.3 is 5.32 Å². The summed E-state index contributed by atoms with van der Waals surface area (Å²) in [7, 11) is 0. The van der Waals surface area contributed by atoms with Gasteiger partial charge in [0.2, 0.25) is 0 Å². The number of rotatable bonds is 2. The van der Waals surface area contributed by atoms with E-state index in [1.165, 1.54) is 6.07 Å². The molecule has 1 aromatic heterocycles. The summed E-state index contributed by atoms with van der Waals surface area (Å²) in [5.74, 6) is 0. The highest BCUT2D eigenvalue weighted by Crippen LogP contribution is 2.31. The lowest BCUT2D eigenvalue weighted by Gasteiger charge is -2.28. The van der Waals surface area contributed by atoms with Gasteiger partial charge in [-0.05, 0) is 18.6 Å². The number of pyridine rings is 1. The van der Waals surface area contributed by atoms with Gasteiger partial charge in [-0.25, -0.2) is 4.98 Å². The minimum Gasteiger partial charge on any atom is -0.314 e. The van der Waals surface area contributed by atoms with Gasteiger partial charge in [0.15, 0.2) is 0 Å². The molecule has 2 rings (SSSR count). The zero-order valence-electron chi connectivity index (χ0n) is 10.2. The summed E-state index contributed by atoms with van der Waals surface area (Å²) >= 11 is 0. The van der Waals surface area contributed by atoms with Crippen LogP contribution in [0.1, 0.15) is 17.0 Å². The second-order valence-corrected chi connectivity index (χ2v) is 4.48. The molecule has 0 spiro atoms. The van der Waals surface area contributed by atoms with E-state index < -0.39 is 11.9 Å². The molecular formula is C12H16F3N3. The summed E-state index contributed by atoms with van der Waals surface area (Å²) in [5, 5.41) is 3.17. The van der Waals surface area contributed by atoms with Crippen LogP contribution >= 0.6 is 0 Å². The first-order valence-electron chi connectivity index (χ1n) is 5.93. The van der Waals surface area contributed by atoms with Crippen molar-refractivity contribution in [1.29, 1.82) is 0 Å². The average molecular weight is 259 g/mol. The fraction of sp³-hybridized carbons (Fsp3) is 0.583. The van der Waals surface area contributed by atoms with E-state index >= 15 is 0 Å². The van der Waals surface area contributed by atoms with Crippen molar-refractivity contribution < 1.29 is 13.2 Å². The largest absolute Gasteiger partial charge is 0.433 e. The van der Waals surface area contributed by atoms with Gasteiger partial charge in [0.1, 0.15) is 5.69 Å². The zero-order chi connectivity index (χ0) is 13.2. The van der Waals surface area contributed by atoms with E-state index in [4.69, 9.17) is 0 Å². The summed E-state index contributed by atoms with van der Waals surface area (Å²) in [6.07, 6.45) is -4.38. The lowest BCUT2D eigenvalue weighted by atomic mass is 10.1. The molecule has 1 N–H and O–H groups in total. The normalized spacial score (nSPS) is 18.0. The summed E-state index contributed by atoms with van der Waals surface area (Å²) < 4.78 is 38.7. The first-order chi connectivity index (χ1) is 8.47. The highest BCUT2D eigenvalue weighted by atomic mass is 19.4. The summed E-state index contributed by atoms with van der Waals surface area (Å²) in [6.45, 7) is 5.06. The zero-order valence-corrected chi connectivity index (χ0v) is 10.2. The Kier molecular flexibility index (Phi) is 3.87. The third-order valence-corrected chi connectivity index (χ3v) is 2.99. The highest BCUT2D eigenvalue weighted by Gasteiger charge is 2.35. The molecule has 6 heteroatoms. The predicted molar refractivity (Wildman–Crippen MR) is 62.1 cm³/mol. The Hall–Kier alpha value is -1.14. The van der Waals surface area contributed by atoms with Crippen molar-refractivity contribution in [3.63, 3.8) is 0 Å². The van der Waals surface area contributed by atoms with E-state index in [1.807, 2.05) is 4.90 Å². The van der Waals surface area contributed by atoms with Gasteiger partial charge in [-0.1, -0.05) is 6.07 Å². The molecular weight excluding hydrogens is 243 g/mol. The minimum absolute atomic E-state index is 0.259. The molecule has 1 fully saturated rings. The molecule has 1 aromatic rings. The smallest absolute Gasteiger partial charge is 0.314 e. The fourth-order valence-electron chi connectivity index (χ4n) is 2.07. The van der Waals surface area contributed by atoms with Crippen molar-refractivity contribution in [2.75, 3.05) is 26.2 Å². The molecule has 1 aliphatic heterocycles. The van der Waals surface area contributed by atoms with Gasteiger partial charge in [0, 0.05) is 38.4 Å². The van der Waals surface area contributed by atoms with Gasteiger partial charge in [0.25, 0.3) is 0 Å². The molecule has 3 nitrogen and oxygen atoms in total. The molecule has 0 aromatic carbocycles. The van der Waals surface area contributed by atoms with Crippen LogP contribution in [0.4, 0.5) is 13.2 Å².